The molecule has 0 unspecified atom stereocenters. The fourth-order valence-corrected chi connectivity index (χ4v) is 2.23. The lowest BCUT2D eigenvalue weighted by atomic mass is 10.4. The van der Waals surface area contributed by atoms with Crippen molar-refractivity contribution in [1.82, 2.24) is 15.2 Å². The maximum Gasteiger partial charge on any atom is 0.263 e. The summed E-state index contributed by atoms with van der Waals surface area (Å²) in [6.45, 7) is 4.91. The van der Waals surface area contributed by atoms with Crippen LogP contribution in [0, 0.1) is 0 Å². The third kappa shape index (κ3) is 3.65. The lowest BCUT2D eigenvalue weighted by Gasteiger charge is -2.26. The van der Waals surface area contributed by atoms with E-state index in [1.807, 2.05) is 0 Å². The fraction of sp³-hybridized carbons (Fsp3) is 0.600. The van der Waals surface area contributed by atoms with Crippen LogP contribution in [-0.4, -0.2) is 55.2 Å². The van der Waals surface area contributed by atoms with E-state index < -0.39 is 0 Å². The van der Waals surface area contributed by atoms with Gasteiger partial charge in [0, 0.05) is 26.2 Å². The lowest BCUT2D eigenvalue weighted by Crippen LogP contribution is -2.41. The highest BCUT2D eigenvalue weighted by Gasteiger charge is 2.12. The van der Waals surface area contributed by atoms with Gasteiger partial charge in [0.1, 0.15) is 4.88 Å². The van der Waals surface area contributed by atoms with Crippen LogP contribution in [0.25, 0.3) is 0 Å². The summed E-state index contributed by atoms with van der Waals surface area (Å²) in [5, 5.41) is 3.27. The van der Waals surface area contributed by atoms with Crippen LogP contribution in [0.1, 0.15) is 9.67 Å². The first-order valence-corrected chi connectivity index (χ1v) is 6.37. The van der Waals surface area contributed by atoms with Gasteiger partial charge < -0.3 is 15.8 Å². The number of carbonyl (C=O) groups is 1. The summed E-state index contributed by atoms with van der Waals surface area (Å²) in [6, 6.07) is 0. The van der Waals surface area contributed by atoms with E-state index in [0.29, 0.717) is 16.6 Å². The van der Waals surface area contributed by atoms with Gasteiger partial charge in [-0.1, -0.05) is 11.3 Å². The fourth-order valence-electron chi connectivity index (χ4n) is 1.63. The smallest absolute Gasteiger partial charge is 0.263 e. The molecular formula is C10H16N4O2S. The quantitative estimate of drug-likeness (QED) is 0.779. The minimum atomic E-state index is -0.104. The lowest BCUT2D eigenvalue weighted by molar-refractivity contribution is 0.0383. The van der Waals surface area contributed by atoms with E-state index >= 15 is 0 Å². The monoisotopic (exact) mass is 256 g/mol. The Labute approximate surface area is 104 Å². The van der Waals surface area contributed by atoms with Gasteiger partial charge in [-0.15, -0.1) is 0 Å². The molecule has 1 aliphatic heterocycles. The Morgan fingerprint density at radius 2 is 2.35 bits per heavy atom. The molecule has 2 heterocycles. The van der Waals surface area contributed by atoms with Gasteiger partial charge in [-0.25, -0.2) is 4.98 Å². The zero-order valence-corrected chi connectivity index (χ0v) is 10.3. The van der Waals surface area contributed by atoms with Gasteiger partial charge in [-0.05, 0) is 0 Å². The molecule has 6 nitrogen and oxygen atoms in total. The summed E-state index contributed by atoms with van der Waals surface area (Å²) < 4.78 is 5.25. The molecule has 1 fully saturated rings. The Balaban J connectivity index is 1.69. The van der Waals surface area contributed by atoms with E-state index in [1.165, 1.54) is 17.5 Å². The number of rotatable bonds is 4. The number of hydrogen-bond acceptors (Lipinski definition) is 6. The van der Waals surface area contributed by atoms with Crippen molar-refractivity contribution in [2.45, 2.75) is 0 Å². The predicted molar refractivity (Wildman–Crippen MR) is 66.1 cm³/mol. The van der Waals surface area contributed by atoms with Crippen LogP contribution in [-0.2, 0) is 4.74 Å². The standard InChI is InChI=1S/C10H16N4O2S/c11-10-13-7-8(17-10)9(15)12-1-2-14-3-5-16-6-4-14/h7H,1-6H2,(H2,11,13)(H,12,15). The third-order valence-electron chi connectivity index (χ3n) is 2.56. The highest BCUT2D eigenvalue weighted by Crippen LogP contribution is 2.13. The SMILES string of the molecule is Nc1ncc(C(=O)NCCN2CCOCC2)s1. The Morgan fingerprint density at radius 3 is 3.00 bits per heavy atom. The first kappa shape index (κ1) is 12.3. The molecule has 94 valence electrons. The molecule has 0 aliphatic carbocycles. The number of ether oxygens (including phenoxy) is 1. The second-order valence-corrected chi connectivity index (χ2v) is 4.83. The molecule has 1 saturated heterocycles. The number of nitrogen functional groups attached to an aromatic ring is 1. The summed E-state index contributed by atoms with van der Waals surface area (Å²) in [6.07, 6.45) is 1.50. The number of aromatic nitrogens is 1. The average Bonchev–Trinajstić information content (AvgIpc) is 2.77. The number of nitrogens with one attached hydrogen (secondary N) is 1. The van der Waals surface area contributed by atoms with Crippen LogP contribution in [0.2, 0.25) is 0 Å². The molecule has 1 aromatic rings. The number of amides is 1. The summed E-state index contributed by atoms with van der Waals surface area (Å²) in [5.41, 5.74) is 5.47. The van der Waals surface area contributed by atoms with Crippen molar-refractivity contribution < 1.29 is 9.53 Å². The molecular weight excluding hydrogens is 240 g/mol. The number of morpholine rings is 1. The molecule has 17 heavy (non-hydrogen) atoms. The van der Waals surface area contributed by atoms with Crippen molar-refractivity contribution in [3.63, 3.8) is 0 Å². The summed E-state index contributed by atoms with van der Waals surface area (Å²) >= 11 is 1.20. The van der Waals surface area contributed by atoms with Crippen molar-refractivity contribution in [3.8, 4) is 0 Å². The number of nitrogens with two attached hydrogens (primary N) is 1. The summed E-state index contributed by atoms with van der Waals surface area (Å²) in [5.74, 6) is -0.104. The minimum Gasteiger partial charge on any atom is -0.379 e. The topological polar surface area (TPSA) is 80.5 Å². The average molecular weight is 256 g/mol. The predicted octanol–water partition coefficient (Wildman–Crippen LogP) is -0.213. The van der Waals surface area contributed by atoms with Crippen LogP contribution in [0.5, 0.6) is 0 Å². The van der Waals surface area contributed by atoms with E-state index in [0.717, 1.165) is 32.8 Å². The Hall–Kier alpha value is -1.18. The molecule has 0 saturated carbocycles. The molecule has 0 spiro atoms. The maximum atomic E-state index is 11.7. The number of anilines is 1. The van der Waals surface area contributed by atoms with Crippen LogP contribution < -0.4 is 11.1 Å². The van der Waals surface area contributed by atoms with Gasteiger partial charge in [-0.2, -0.15) is 0 Å². The second kappa shape index (κ2) is 5.95. The first-order valence-electron chi connectivity index (χ1n) is 5.55. The number of carbonyl (C=O) groups excluding carboxylic acids is 1. The van der Waals surface area contributed by atoms with Crippen molar-refractivity contribution in [3.05, 3.63) is 11.1 Å². The summed E-state index contributed by atoms with van der Waals surface area (Å²) in [7, 11) is 0. The highest BCUT2D eigenvalue weighted by molar-refractivity contribution is 7.17. The summed E-state index contributed by atoms with van der Waals surface area (Å²) in [4.78, 5) is 18.3. The van der Waals surface area contributed by atoms with Crippen molar-refractivity contribution in [2.24, 2.45) is 0 Å². The Kier molecular flexibility index (Phi) is 4.29. The normalized spacial score (nSPS) is 16.9. The van der Waals surface area contributed by atoms with Crippen molar-refractivity contribution in [2.75, 3.05) is 45.1 Å². The molecule has 0 aromatic carbocycles. The highest BCUT2D eigenvalue weighted by atomic mass is 32.1. The maximum absolute atomic E-state index is 11.7. The molecule has 1 aliphatic rings. The van der Waals surface area contributed by atoms with Crippen LogP contribution in [0.3, 0.4) is 0 Å². The molecule has 0 radical (unpaired) electrons. The van der Waals surface area contributed by atoms with Gasteiger partial charge in [0.05, 0.1) is 19.4 Å². The van der Waals surface area contributed by atoms with Gasteiger partial charge in [0.2, 0.25) is 0 Å². The molecule has 3 N–H and O–H groups in total. The Morgan fingerprint density at radius 1 is 1.59 bits per heavy atom. The third-order valence-corrected chi connectivity index (χ3v) is 3.39. The van der Waals surface area contributed by atoms with Crippen LogP contribution in [0.4, 0.5) is 5.13 Å². The molecule has 1 amide bonds. The molecule has 0 bridgehead atoms. The number of nitrogens with zero attached hydrogens (tertiary/aromatic N) is 2. The molecule has 2 rings (SSSR count). The van der Waals surface area contributed by atoms with Gasteiger partial charge in [0.15, 0.2) is 5.13 Å². The Bertz CT molecular complexity index is 376. The van der Waals surface area contributed by atoms with Gasteiger partial charge >= 0.3 is 0 Å². The largest absolute Gasteiger partial charge is 0.379 e. The van der Waals surface area contributed by atoms with Crippen LogP contribution in [0.15, 0.2) is 6.20 Å². The van der Waals surface area contributed by atoms with E-state index in [9.17, 15) is 4.79 Å². The first-order chi connectivity index (χ1) is 8.25. The number of thiazole rings is 1. The minimum absolute atomic E-state index is 0.104. The van der Waals surface area contributed by atoms with Crippen molar-refractivity contribution in [1.29, 1.82) is 0 Å². The van der Waals surface area contributed by atoms with E-state index in [2.05, 4.69) is 15.2 Å². The van der Waals surface area contributed by atoms with E-state index in [1.54, 1.807) is 0 Å². The number of hydrogen-bond donors (Lipinski definition) is 2. The van der Waals surface area contributed by atoms with Crippen LogP contribution >= 0.6 is 11.3 Å². The van der Waals surface area contributed by atoms with Gasteiger partial charge in [-0.3, -0.25) is 9.69 Å². The molecule has 1 aromatic heterocycles. The molecule has 7 heteroatoms. The molecule has 0 atom stereocenters. The van der Waals surface area contributed by atoms with Gasteiger partial charge in [0.25, 0.3) is 5.91 Å². The second-order valence-electron chi connectivity index (χ2n) is 3.77. The van der Waals surface area contributed by atoms with E-state index in [4.69, 9.17) is 10.5 Å². The zero-order valence-electron chi connectivity index (χ0n) is 9.52. The van der Waals surface area contributed by atoms with Crippen molar-refractivity contribution >= 4 is 22.4 Å². The van der Waals surface area contributed by atoms with E-state index in [-0.39, 0.29) is 5.91 Å². The zero-order chi connectivity index (χ0) is 12.1.